The average Bonchev–Trinajstić information content (AvgIpc) is 3.07. The second kappa shape index (κ2) is 7.25. The molecule has 2 aromatic rings. The number of amides is 1. The number of hydrogen-bond donors (Lipinski definition) is 1. The van der Waals surface area contributed by atoms with E-state index in [2.05, 4.69) is 4.72 Å². The largest absolute Gasteiger partial charge is 0.495 e. The highest BCUT2D eigenvalue weighted by atomic mass is 32.2. The molecule has 138 valence electrons. The van der Waals surface area contributed by atoms with Crippen LogP contribution in [0.2, 0.25) is 0 Å². The maximum absolute atomic E-state index is 12.7. The Morgan fingerprint density at radius 2 is 1.77 bits per heavy atom. The normalized spacial score (nSPS) is 14.4. The molecule has 1 amide bonds. The Morgan fingerprint density at radius 3 is 2.42 bits per heavy atom. The Kier molecular flexibility index (Phi) is 5.03. The van der Waals surface area contributed by atoms with E-state index in [0.717, 1.165) is 6.42 Å². The minimum Gasteiger partial charge on any atom is -0.495 e. The molecule has 3 rings (SSSR count). The van der Waals surface area contributed by atoms with Gasteiger partial charge in [0.2, 0.25) is 5.91 Å². The van der Waals surface area contributed by atoms with Crippen molar-refractivity contribution >= 4 is 27.3 Å². The average molecular weight is 376 g/mol. The quantitative estimate of drug-likeness (QED) is 0.838. The molecule has 0 aromatic heterocycles. The van der Waals surface area contributed by atoms with Crippen LogP contribution in [0.4, 0.5) is 11.4 Å². The van der Waals surface area contributed by atoms with E-state index < -0.39 is 10.0 Å². The highest BCUT2D eigenvalue weighted by molar-refractivity contribution is 7.92. The first-order valence-electron chi connectivity index (χ1n) is 8.10. The lowest BCUT2D eigenvalue weighted by Crippen LogP contribution is -2.24. The molecule has 1 aliphatic rings. The maximum atomic E-state index is 12.7. The molecule has 1 heterocycles. The number of nitrogens with zero attached hydrogens (tertiary/aromatic N) is 1. The standard InChI is InChI=1S/C18H20N2O5S/c1-24-15-10-9-13(12-14(15)20-11-5-8-18(20)21)19-26(22,23)17-7-4-3-6-16(17)25-2/h3-4,6-7,9-10,12,19H,5,8,11H2,1-2H3. The first-order chi connectivity index (χ1) is 12.5. The number of carbonyl (C=O) groups is 1. The summed E-state index contributed by atoms with van der Waals surface area (Å²) in [6.45, 7) is 0.581. The fraction of sp³-hybridized carbons (Fsp3) is 0.278. The number of sulfonamides is 1. The summed E-state index contributed by atoms with van der Waals surface area (Å²) in [6, 6.07) is 11.2. The van der Waals surface area contributed by atoms with Gasteiger partial charge in [-0.1, -0.05) is 12.1 Å². The van der Waals surface area contributed by atoms with Gasteiger partial charge in [-0.25, -0.2) is 8.42 Å². The topological polar surface area (TPSA) is 84.9 Å². The van der Waals surface area contributed by atoms with Crippen molar-refractivity contribution in [2.24, 2.45) is 0 Å². The molecule has 0 atom stereocenters. The fourth-order valence-corrected chi connectivity index (χ4v) is 4.14. The Balaban J connectivity index is 1.96. The van der Waals surface area contributed by atoms with Gasteiger partial charge in [0.15, 0.2) is 0 Å². The Hall–Kier alpha value is -2.74. The van der Waals surface area contributed by atoms with Gasteiger partial charge in [0.05, 0.1) is 25.6 Å². The van der Waals surface area contributed by atoms with Gasteiger partial charge in [0.1, 0.15) is 16.4 Å². The van der Waals surface area contributed by atoms with E-state index in [1.807, 2.05) is 0 Å². The SMILES string of the molecule is COc1ccc(NS(=O)(=O)c2ccccc2OC)cc1N1CCCC1=O. The summed E-state index contributed by atoms with van der Waals surface area (Å²) in [6.07, 6.45) is 1.24. The Bertz CT molecular complexity index is 927. The van der Waals surface area contributed by atoms with E-state index in [1.165, 1.54) is 20.3 Å². The number of benzene rings is 2. The predicted molar refractivity (Wildman–Crippen MR) is 98.4 cm³/mol. The molecule has 0 aliphatic carbocycles. The van der Waals surface area contributed by atoms with Crippen LogP contribution in [-0.2, 0) is 14.8 Å². The Labute approximate surface area is 152 Å². The van der Waals surface area contributed by atoms with Crippen LogP contribution in [0, 0.1) is 0 Å². The zero-order valence-electron chi connectivity index (χ0n) is 14.6. The molecule has 2 aromatic carbocycles. The highest BCUT2D eigenvalue weighted by Gasteiger charge is 2.26. The highest BCUT2D eigenvalue weighted by Crippen LogP contribution is 2.35. The van der Waals surface area contributed by atoms with Crippen molar-refractivity contribution in [1.29, 1.82) is 0 Å². The third-order valence-corrected chi connectivity index (χ3v) is 5.57. The monoisotopic (exact) mass is 376 g/mol. The molecule has 1 N–H and O–H groups in total. The van der Waals surface area contributed by atoms with Crippen molar-refractivity contribution in [2.75, 3.05) is 30.4 Å². The van der Waals surface area contributed by atoms with Gasteiger partial charge < -0.3 is 14.4 Å². The van der Waals surface area contributed by atoms with Crippen molar-refractivity contribution in [3.05, 3.63) is 42.5 Å². The van der Waals surface area contributed by atoms with Crippen LogP contribution in [0.25, 0.3) is 0 Å². The maximum Gasteiger partial charge on any atom is 0.265 e. The summed E-state index contributed by atoms with van der Waals surface area (Å²) in [7, 11) is -0.921. The summed E-state index contributed by atoms with van der Waals surface area (Å²) in [5.74, 6) is 0.761. The lowest BCUT2D eigenvalue weighted by atomic mass is 10.2. The van der Waals surface area contributed by atoms with Crippen molar-refractivity contribution in [3.63, 3.8) is 0 Å². The number of ether oxygens (including phenoxy) is 2. The van der Waals surface area contributed by atoms with Crippen molar-refractivity contribution in [3.8, 4) is 11.5 Å². The summed E-state index contributed by atoms with van der Waals surface area (Å²) < 4.78 is 38.5. The van der Waals surface area contributed by atoms with Crippen molar-refractivity contribution in [2.45, 2.75) is 17.7 Å². The van der Waals surface area contributed by atoms with E-state index in [4.69, 9.17) is 9.47 Å². The molecule has 0 radical (unpaired) electrons. The van der Waals surface area contributed by atoms with Crippen LogP contribution in [0.3, 0.4) is 0 Å². The molecule has 0 bridgehead atoms. The molecule has 0 saturated carbocycles. The molecule has 1 fully saturated rings. The van der Waals surface area contributed by atoms with E-state index in [1.54, 1.807) is 41.3 Å². The number of para-hydroxylation sites is 1. The number of anilines is 2. The smallest absolute Gasteiger partial charge is 0.265 e. The summed E-state index contributed by atoms with van der Waals surface area (Å²) in [5, 5.41) is 0. The second-order valence-corrected chi connectivity index (χ2v) is 7.44. The van der Waals surface area contributed by atoms with E-state index in [0.29, 0.717) is 30.1 Å². The van der Waals surface area contributed by atoms with Gasteiger partial charge in [-0.2, -0.15) is 0 Å². The van der Waals surface area contributed by atoms with Crippen LogP contribution < -0.4 is 19.1 Å². The number of methoxy groups -OCH3 is 2. The van der Waals surface area contributed by atoms with Crippen molar-refractivity contribution < 1.29 is 22.7 Å². The van der Waals surface area contributed by atoms with E-state index >= 15 is 0 Å². The number of rotatable bonds is 6. The number of carbonyl (C=O) groups excluding carboxylic acids is 1. The van der Waals surface area contributed by atoms with Gasteiger partial charge in [-0.05, 0) is 36.8 Å². The van der Waals surface area contributed by atoms with Gasteiger partial charge >= 0.3 is 0 Å². The summed E-state index contributed by atoms with van der Waals surface area (Å²) in [5.41, 5.74) is 0.890. The molecule has 0 unspecified atom stereocenters. The van der Waals surface area contributed by atoms with Crippen LogP contribution in [0.1, 0.15) is 12.8 Å². The number of hydrogen-bond acceptors (Lipinski definition) is 5. The lowest BCUT2D eigenvalue weighted by Gasteiger charge is -2.20. The molecule has 1 aliphatic heterocycles. The molecule has 0 spiro atoms. The number of nitrogens with one attached hydrogen (secondary N) is 1. The van der Waals surface area contributed by atoms with Crippen molar-refractivity contribution in [1.82, 2.24) is 0 Å². The predicted octanol–water partition coefficient (Wildman–Crippen LogP) is 2.63. The zero-order valence-corrected chi connectivity index (χ0v) is 15.4. The zero-order chi connectivity index (χ0) is 18.7. The third-order valence-electron chi connectivity index (χ3n) is 4.15. The minimum atomic E-state index is -3.85. The molecule has 7 nitrogen and oxygen atoms in total. The molecule has 26 heavy (non-hydrogen) atoms. The van der Waals surface area contributed by atoms with Crippen LogP contribution in [0.5, 0.6) is 11.5 Å². The molecule has 1 saturated heterocycles. The molecular weight excluding hydrogens is 356 g/mol. The second-order valence-electron chi connectivity index (χ2n) is 5.79. The summed E-state index contributed by atoms with van der Waals surface area (Å²) >= 11 is 0. The molecular formula is C18H20N2O5S. The Morgan fingerprint density at radius 1 is 1.04 bits per heavy atom. The summed E-state index contributed by atoms with van der Waals surface area (Å²) in [4.78, 5) is 13.7. The van der Waals surface area contributed by atoms with Gasteiger partial charge in [-0.15, -0.1) is 0 Å². The van der Waals surface area contributed by atoms with E-state index in [9.17, 15) is 13.2 Å². The van der Waals surface area contributed by atoms with Gasteiger partial charge in [0, 0.05) is 13.0 Å². The van der Waals surface area contributed by atoms with E-state index in [-0.39, 0.29) is 16.6 Å². The van der Waals surface area contributed by atoms with Crippen LogP contribution in [-0.4, -0.2) is 35.1 Å². The first kappa shape index (κ1) is 18.1. The minimum absolute atomic E-state index is 0.00645. The van der Waals surface area contributed by atoms with Gasteiger partial charge in [0.25, 0.3) is 10.0 Å². The third kappa shape index (κ3) is 3.45. The molecule has 8 heteroatoms. The first-order valence-corrected chi connectivity index (χ1v) is 9.59. The lowest BCUT2D eigenvalue weighted by molar-refractivity contribution is -0.117. The fourth-order valence-electron chi connectivity index (χ4n) is 2.92. The van der Waals surface area contributed by atoms with Crippen LogP contribution in [0.15, 0.2) is 47.4 Å². The van der Waals surface area contributed by atoms with Gasteiger partial charge in [-0.3, -0.25) is 9.52 Å². The van der Waals surface area contributed by atoms with Crippen LogP contribution >= 0.6 is 0 Å².